The molecule has 0 spiro atoms. The molecule has 7 heteroatoms. The highest BCUT2D eigenvalue weighted by Crippen LogP contribution is 2.35. The summed E-state index contributed by atoms with van der Waals surface area (Å²) in [6, 6.07) is 4.85. The Bertz CT molecular complexity index is 634. The van der Waals surface area contributed by atoms with E-state index in [1.807, 2.05) is 6.92 Å². The molecule has 2 heterocycles. The van der Waals surface area contributed by atoms with E-state index in [4.69, 9.17) is 9.47 Å². The number of benzene rings is 1. The fourth-order valence-corrected chi connectivity index (χ4v) is 5.07. The molecule has 2 aliphatic rings. The van der Waals surface area contributed by atoms with Crippen LogP contribution in [-0.4, -0.2) is 50.7 Å². The van der Waals surface area contributed by atoms with Gasteiger partial charge in [-0.3, -0.25) is 0 Å². The van der Waals surface area contributed by atoms with Gasteiger partial charge in [-0.25, -0.2) is 12.8 Å². The second-order valence-electron chi connectivity index (χ2n) is 5.96. The zero-order valence-corrected chi connectivity index (χ0v) is 14.0. The van der Waals surface area contributed by atoms with E-state index in [2.05, 4.69) is 0 Å². The fraction of sp³-hybridized carbons (Fsp3) is 0.625. The van der Waals surface area contributed by atoms with Crippen molar-refractivity contribution in [2.24, 2.45) is 0 Å². The van der Waals surface area contributed by atoms with Gasteiger partial charge in [0.05, 0.1) is 29.8 Å². The van der Waals surface area contributed by atoms with E-state index in [0.717, 1.165) is 12.8 Å². The summed E-state index contributed by atoms with van der Waals surface area (Å²) >= 11 is 0. The van der Waals surface area contributed by atoms with Crippen molar-refractivity contribution in [1.29, 1.82) is 0 Å². The van der Waals surface area contributed by atoms with E-state index in [0.29, 0.717) is 26.2 Å². The number of halogens is 1. The Morgan fingerprint density at radius 3 is 2.70 bits per heavy atom. The summed E-state index contributed by atoms with van der Waals surface area (Å²) in [5, 5.41) is 0. The number of hydrogen-bond donors (Lipinski definition) is 0. The maximum Gasteiger partial charge on any atom is 0.243 e. The minimum absolute atomic E-state index is 0.0460. The second-order valence-corrected chi connectivity index (χ2v) is 7.85. The Balaban J connectivity index is 1.72. The third-order valence-corrected chi connectivity index (χ3v) is 6.45. The van der Waals surface area contributed by atoms with E-state index in [1.165, 1.54) is 28.6 Å². The molecule has 3 atom stereocenters. The predicted molar refractivity (Wildman–Crippen MR) is 83.1 cm³/mol. The Morgan fingerprint density at radius 2 is 2.00 bits per heavy atom. The van der Waals surface area contributed by atoms with E-state index < -0.39 is 15.8 Å². The Labute approximate surface area is 136 Å². The molecular formula is C16H22FNO4S. The van der Waals surface area contributed by atoms with E-state index in [-0.39, 0.29) is 23.1 Å². The lowest BCUT2D eigenvalue weighted by Crippen LogP contribution is -2.45. The van der Waals surface area contributed by atoms with Crippen molar-refractivity contribution in [1.82, 2.24) is 4.31 Å². The van der Waals surface area contributed by atoms with Gasteiger partial charge in [0.2, 0.25) is 10.0 Å². The van der Waals surface area contributed by atoms with Gasteiger partial charge in [0.1, 0.15) is 5.82 Å². The van der Waals surface area contributed by atoms with Crippen molar-refractivity contribution in [3.8, 4) is 0 Å². The van der Waals surface area contributed by atoms with Crippen molar-refractivity contribution in [3.05, 3.63) is 30.1 Å². The average Bonchev–Trinajstić information content (AvgIpc) is 2.97. The zero-order chi connectivity index (χ0) is 16.4. The molecule has 0 aliphatic carbocycles. The molecule has 2 saturated heterocycles. The van der Waals surface area contributed by atoms with Crippen LogP contribution < -0.4 is 0 Å². The highest BCUT2D eigenvalue weighted by Gasteiger charge is 2.45. The topological polar surface area (TPSA) is 55.8 Å². The first-order chi connectivity index (χ1) is 11.0. The van der Waals surface area contributed by atoms with Gasteiger partial charge in [-0.05, 0) is 50.5 Å². The summed E-state index contributed by atoms with van der Waals surface area (Å²) in [6.07, 6.45) is 2.21. The summed E-state index contributed by atoms with van der Waals surface area (Å²) in [4.78, 5) is 0.135. The van der Waals surface area contributed by atoms with Gasteiger partial charge in [0.15, 0.2) is 0 Å². The first-order valence-corrected chi connectivity index (χ1v) is 9.47. The first kappa shape index (κ1) is 16.8. The van der Waals surface area contributed by atoms with Gasteiger partial charge in [0, 0.05) is 13.2 Å². The molecule has 0 N–H and O–H groups in total. The normalized spacial score (nSPS) is 28.7. The highest BCUT2D eigenvalue weighted by molar-refractivity contribution is 7.89. The van der Waals surface area contributed by atoms with E-state index in [1.54, 1.807) is 0 Å². The minimum atomic E-state index is -3.60. The molecule has 0 amide bonds. The van der Waals surface area contributed by atoms with Crippen molar-refractivity contribution in [2.45, 2.75) is 49.3 Å². The molecule has 128 valence electrons. The van der Waals surface area contributed by atoms with Crippen molar-refractivity contribution in [3.63, 3.8) is 0 Å². The van der Waals surface area contributed by atoms with Crippen molar-refractivity contribution in [2.75, 3.05) is 19.8 Å². The zero-order valence-electron chi connectivity index (χ0n) is 13.2. The number of hydrogen-bond acceptors (Lipinski definition) is 4. The van der Waals surface area contributed by atoms with Crippen LogP contribution in [0, 0.1) is 5.82 Å². The van der Waals surface area contributed by atoms with Crippen molar-refractivity contribution < 1.29 is 22.3 Å². The van der Waals surface area contributed by atoms with Gasteiger partial charge in [-0.15, -0.1) is 0 Å². The van der Waals surface area contributed by atoms with E-state index >= 15 is 0 Å². The van der Waals surface area contributed by atoms with Crippen LogP contribution >= 0.6 is 0 Å². The third kappa shape index (κ3) is 3.42. The van der Waals surface area contributed by atoms with Crippen LogP contribution in [0.15, 0.2) is 29.2 Å². The second kappa shape index (κ2) is 6.84. The number of rotatable bonds is 5. The molecule has 0 unspecified atom stereocenters. The largest absolute Gasteiger partial charge is 0.379 e. The van der Waals surface area contributed by atoms with Crippen LogP contribution in [-0.2, 0) is 19.5 Å². The molecule has 0 saturated carbocycles. The lowest BCUT2D eigenvalue weighted by atomic mass is 10.0. The van der Waals surface area contributed by atoms with Gasteiger partial charge in [-0.1, -0.05) is 0 Å². The van der Waals surface area contributed by atoms with Gasteiger partial charge >= 0.3 is 0 Å². The molecule has 2 fully saturated rings. The van der Waals surface area contributed by atoms with Crippen LogP contribution in [0.1, 0.15) is 26.2 Å². The summed E-state index contributed by atoms with van der Waals surface area (Å²) in [5.74, 6) is -0.442. The summed E-state index contributed by atoms with van der Waals surface area (Å²) in [7, 11) is -3.60. The molecule has 0 aromatic heterocycles. The fourth-order valence-electron chi connectivity index (χ4n) is 3.37. The standard InChI is InChI=1S/C16H22FNO4S/c1-2-21-11-13-5-8-15-16(22-13)9-10-18(15)23(19,20)14-6-3-12(17)4-7-14/h3-4,6-7,13,15-16H,2,5,8-11H2,1H3/t13-,15+,16+/m1/s1. The molecule has 3 rings (SSSR count). The molecule has 1 aromatic carbocycles. The molecule has 5 nitrogen and oxygen atoms in total. The van der Waals surface area contributed by atoms with Gasteiger partial charge < -0.3 is 9.47 Å². The first-order valence-electron chi connectivity index (χ1n) is 8.03. The highest BCUT2D eigenvalue weighted by atomic mass is 32.2. The summed E-state index contributed by atoms with van der Waals surface area (Å²) in [5.41, 5.74) is 0. The van der Waals surface area contributed by atoms with Crippen LogP contribution in [0.2, 0.25) is 0 Å². The third-order valence-electron chi connectivity index (χ3n) is 4.51. The Kier molecular flexibility index (Phi) is 5.01. The quantitative estimate of drug-likeness (QED) is 0.822. The number of fused-ring (bicyclic) bond motifs is 1. The lowest BCUT2D eigenvalue weighted by Gasteiger charge is -2.35. The Morgan fingerprint density at radius 1 is 1.26 bits per heavy atom. The predicted octanol–water partition coefficient (Wildman–Crippen LogP) is 2.17. The maximum absolute atomic E-state index is 13.0. The summed E-state index contributed by atoms with van der Waals surface area (Å²) in [6.45, 7) is 3.60. The number of ether oxygens (including phenoxy) is 2. The minimum Gasteiger partial charge on any atom is -0.379 e. The van der Waals surface area contributed by atoms with Crippen LogP contribution in [0.25, 0.3) is 0 Å². The van der Waals surface area contributed by atoms with Crippen molar-refractivity contribution >= 4 is 10.0 Å². The average molecular weight is 343 g/mol. The molecule has 0 bridgehead atoms. The SMILES string of the molecule is CCOC[C@H]1CC[C@H]2[C@H](CCN2S(=O)(=O)c2ccc(F)cc2)O1. The van der Waals surface area contributed by atoms with Gasteiger partial charge in [-0.2, -0.15) is 4.31 Å². The monoisotopic (exact) mass is 343 g/mol. The molecule has 0 radical (unpaired) electrons. The van der Waals surface area contributed by atoms with Gasteiger partial charge in [0.25, 0.3) is 0 Å². The number of sulfonamides is 1. The Hall–Kier alpha value is -1.02. The molecular weight excluding hydrogens is 321 g/mol. The molecule has 1 aromatic rings. The summed E-state index contributed by atoms with van der Waals surface area (Å²) < 4.78 is 51.5. The van der Waals surface area contributed by atoms with Crippen LogP contribution in [0.5, 0.6) is 0 Å². The van der Waals surface area contributed by atoms with E-state index in [9.17, 15) is 12.8 Å². The molecule has 23 heavy (non-hydrogen) atoms. The maximum atomic E-state index is 13.0. The van der Waals surface area contributed by atoms with Crippen LogP contribution in [0.4, 0.5) is 4.39 Å². The smallest absolute Gasteiger partial charge is 0.243 e. The van der Waals surface area contributed by atoms with Crippen LogP contribution in [0.3, 0.4) is 0 Å². The lowest BCUT2D eigenvalue weighted by molar-refractivity contribution is -0.0923. The number of nitrogens with zero attached hydrogens (tertiary/aromatic N) is 1. The molecule has 2 aliphatic heterocycles.